The second-order valence-electron chi connectivity index (χ2n) is 4.72. The molecule has 0 aliphatic rings. The van der Waals surface area contributed by atoms with Gasteiger partial charge in [-0.15, -0.1) is 0 Å². The van der Waals surface area contributed by atoms with Crippen LogP contribution in [0.3, 0.4) is 0 Å². The maximum absolute atomic E-state index is 12.1. The first-order valence-corrected chi connectivity index (χ1v) is 6.34. The number of carbonyl (C=O) groups excluding carboxylic acids is 1. The number of rotatable bonds is 5. The minimum Gasteiger partial charge on any atom is -0.480 e. The van der Waals surface area contributed by atoms with E-state index in [0.29, 0.717) is 16.9 Å². The second-order valence-corrected chi connectivity index (χ2v) is 4.72. The van der Waals surface area contributed by atoms with Crippen molar-refractivity contribution >= 4 is 17.6 Å². The maximum Gasteiger partial charge on any atom is 0.326 e. The molecule has 1 aromatic heterocycles. The van der Waals surface area contributed by atoms with Crippen molar-refractivity contribution in [3.63, 3.8) is 0 Å². The third-order valence-corrected chi connectivity index (χ3v) is 3.11. The van der Waals surface area contributed by atoms with Crippen molar-refractivity contribution in [2.75, 3.05) is 5.73 Å². The molecule has 1 heterocycles. The van der Waals surface area contributed by atoms with E-state index in [9.17, 15) is 14.7 Å². The molecular weight excluding hydrogens is 272 g/mol. The van der Waals surface area contributed by atoms with Crippen LogP contribution in [0, 0.1) is 6.92 Å². The van der Waals surface area contributed by atoms with Crippen LogP contribution in [0.2, 0.25) is 0 Å². The molecule has 0 aliphatic carbocycles. The summed E-state index contributed by atoms with van der Waals surface area (Å²) in [7, 11) is 0. The van der Waals surface area contributed by atoms with Crippen molar-refractivity contribution in [1.29, 1.82) is 0 Å². The highest BCUT2D eigenvalue weighted by Crippen LogP contribution is 2.13. The van der Waals surface area contributed by atoms with Gasteiger partial charge >= 0.3 is 5.97 Å². The summed E-state index contributed by atoms with van der Waals surface area (Å²) < 4.78 is 0. The number of carbonyl (C=O) groups is 2. The first kappa shape index (κ1) is 14.6. The van der Waals surface area contributed by atoms with Gasteiger partial charge in [0, 0.05) is 29.6 Å². The Labute approximate surface area is 121 Å². The van der Waals surface area contributed by atoms with Crippen molar-refractivity contribution in [2.24, 2.45) is 0 Å². The number of benzene rings is 1. The van der Waals surface area contributed by atoms with E-state index in [1.54, 1.807) is 25.1 Å². The number of hydrogen-bond acceptors (Lipinski definition) is 4. The molecule has 0 unspecified atom stereocenters. The molecule has 2 aromatic rings. The Morgan fingerprint density at radius 2 is 2.24 bits per heavy atom. The Bertz CT molecular complexity index is 652. The molecule has 0 radical (unpaired) electrons. The molecule has 0 saturated heterocycles. The molecule has 1 aromatic carbocycles. The fraction of sp³-hybridized carbons (Fsp3) is 0.214. The Kier molecular flexibility index (Phi) is 4.22. The van der Waals surface area contributed by atoms with Crippen LogP contribution in [0.25, 0.3) is 0 Å². The van der Waals surface area contributed by atoms with Crippen molar-refractivity contribution in [1.82, 2.24) is 15.3 Å². The Morgan fingerprint density at radius 1 is 1.48 bits per heavy atom. The average Bonchev–Trinajstić information content (AvgIpc) is 2.93. The lowest BCUT2D eigenvalue weighted by molar-refractivity contribution is -0.139. The number of anilines is 1. The van der Waals surface area contributed by atoms with Crippen LogP contribution >= 0.6 is 0 Å². The molecule has 7 heteroatoms. The smallest absolute Gasteiger partial charge is 0.326 e. The number of nitrogen functional groups attached to an aromatic ring is 1. The zero-order valence-corrected chi connectivity index (χ0v) is 11.5. The number of amides is 1. The van der Waals surface area contributed by atoms with Gasteiger partial charge in [-0.05, 0) is 30.7 Å². The number of imidazole rings is 1. The number of H-pyrrole nitrogens is 1. The molecule has 0 fully saturated rings. The van der Waals surface area contributed by atoms with Crippen molar-refractivity contribution in [3.05, 3.63) is 47.5 Å². The lowest BCUT2D eigenvalue weighted by atomic mass is 10.1. The standard InChI is InChI=1S/C14H16N4O3/c1-8-4-9(2-3-11(8)15)13(19)18-12(14(20)21)5-10-6-16-7-17-10/h2-4,6-7,12H,5,15H2,1H3,(H,16,17)(H,18,19)(H,20,21)/t12-/m0/s1. The predicted octanol–water partition coefficient (Wildman–Crippen LogP) is 0.726. The first-order chi connectivity index (χ1) is 9.97. The molecule has 2 rings (SSSR count). The highest BCUT2D eigenvalue weighted by atomic mass is 16.4. The first-order valence-electron chi connectivity index (χ1n) is 6.34. The van der Waals surface area contributed by atoms with E-state index in [1.807, 2.05) is 0 Å². The van der Waals surface area contributed by atoms with E-state index in [4.69, 9.17) is 5.73 Å². The molecule has 1 atom stereocenters. The summed E-state index contributed by atoms with van der Waals surface area (Å²) in [6.07, 6.45) is 3.11. The number of nitrogens with two attached hydrogens (primary N) is 1. The number of aryl methyl sites for hydroxylation is 1. The molecule has 7 nitrogen and oxygen atoms in total. The van der Waals surface area contributed by atoms with Crippen molar-refractivity contribution in [3.8, 4) is 0 Å². The van der Waals surface area contributed by atoms with Crippen molar-refractivity contribution < 1.29 is 14.7 Å². The predicted molar refractivity (Wildman–Crippen MR) is 76.8 cm³/mol. The van der Waals surface area contributed by atoms with Gasteiger partial charge < -0.3 is 21.1 Å². The summed E-state index contributed by atoms with van der Waals surface area (Å²) in [5.41, 5.74) is 8.05. The lowest BCUT2D eigenvalue weighted by Crippen LogP contribution is -2.42. The number of aromatic nitrogens is 2. The van der Waals surface area contributed by atoms with Crippen LogP contribution in [-0.2, 0) is 11.2 Å². The van der Waals surface area contributed by atoms with E-state index < -0.39 is 17.9 Å². The molecule has 21 heavy (non-hydrogen) atoms. The normalized spacial score (nSPS) is 11.9. The van der Waals surface area contributed by atoms with E-state index in [0.717, 1.165) is 5.56 Å². The van der Waals surface area contributed by atoms with Crippen LogP contribution in [0.1, 0.15) is 21.6 Å². The summed E-state index contributed by atoms with van der Waals surface area (Å²) in [6.45, 7) is 1.78. The Hall–Kier alpha value is -2.83. The van der Waals surface area contributed by atoms with E-state index in [-0.39, 0.29) is 6.42 Å². The van der Waals surface area contributed by atoms with E-state index in [1.165, 1.54) is 12.5 Å². The number of hydrogen-bond donors (Lipinski definition) is 4. The molecular formula is C14H16N4O3. The van der Waals surface area contributed by atoms with Crippen LogP contribution in [-0.4, -0.2) is 33.0 Å². The van der Waals surface area contributed by atoms with Crippen LogP contribution in [0.4, 0.5) is 5.69 Å². The maximum atomic E-state index is 12.1. The van der Waals surface area contributed by atoms with Gasteiger partial charge in [-0.25, -0.2) is 9.78 Å². The molecule has 1 amide bonds. The van der Waals surface area contributed by atoms with Gasteiger partial charge in [-0.2, -0.15) is 0 Å². The number of aromatic amines is 1. The Morgan fingerprint density at radius 3 is 2.81 bits per heavy atom. The molecule has 0 aliphatic heterocycles. The van der Waals surface area contributed by atoms with Gasteiger partial charge in [0.25, 0.3) is 5.91 Å². The topological polar surface area (TPSA) is 121 Å². The Balaban J connectivity index is 2.10. The number of carboxylic acid groups (broad SMARTS) is 1. The fourth-order valence-electron chi connectivity index (χ4n) is 1.87. The van der Waals surface area contributed by atoms with Crippen LogP contribution < -0.4 is 11.1 Å². The van der Waals surface area contributed by atoms with E-state index in [2.05, 4.69) is 15.3 Å². The lowest BCUT2D eigenvalue weighted by Gasteiger charge is -2.14. The second kappa shape index (κ2) is 6.08. The molecule has 0 spiro atoms. The zero-order chi connectivity index (χ0) is 15.4. The summed E-state index contributed by atoms with van der Waals surface area (Å²) >= 11 is 0. The monoisotopic (exact) mass is 288 g/mol. The highest BCUT2D eigenvalue weighted by Gasteiger charge is 2.21. The van der Waals surface area contributed by atoms with Gasteiger partial charge in [0.15, 0.2) is 0 Å². The van der Waals surface area contributed by atoms with E-state index >= 15 is 0 Å². The summed E-state index contributed by atoms with van der Waals surface area (Å²) in [5, 5.41) is 11.7. The van der Waals surface area contributed by atoms with Gasteiger partial charge in [0.1, 0.15) is 6.04 Å². The molecule has 0 saturated carbocycles. The molecule has 110 valence electrons. The molecule has 5 N–H and O–H groups in total. The molecule has 0 bridgehead atoms. The quantitative estimate of drug-likeness (QED) is 0.604. The van der Waals surface area contributed by atoms with Crippen LogP contribution in [0.5, 0.6) is 0 Å². The third kappa shape index (κ3) is 3.59. The fourth-order valence-corrected chi connectivity index (χ4v) is 1.87. The summed E-state index contributed by atoms with van der Waals surface area (Å²) in [5.74, 6) is -1.56. The van der Waals surface area contributed by atoms with Crippen molar-refractivity contribution in [2.45, 2.75) is 19.4 Å². The number of aliphatic carboxylic acids is 1. The average molecular weight is 288 g/mol. The highest BCUT2D eigenvalue weighted by molar-refractivity contribution is 5.97. The third-order valence-electron chi connectivity index (χ3n) is 3.11. The largest absolute Gasteiger partial charge is 0.480 e. The van der Waals surface area contributed by atoms with Gasteiger partial charge in [0.2, 0.25) is 0 Å². The van der Waals surface area contributed by atoms with Gasteiger partial charge in [-0.3, -0.25) is 4.79 Å². The van der Waals surface area contributed by atoms with Crippen LogP contribution in [0.15, 0.2) is 30.7 Å². The number of nitrogens with zero attached hydrogens (tertiary/aromatic N) is 1. The SMILES string of the molecule is Cc1cc(C(=O)N[C@@H](Cc2cnc[nH]2)C(=O)O)ccc1N. The number of carboxylic acids is 1. The minimum absolute atomic E-state index is 0.134. The van der Waals surface area contributed by atoms with Gasteiger partial charge in [0.05, 0.1) is 6.33 Å². The van der Waals surface area contributed by atoms with Gasteiger partial charge in [-0.1, -0.05) is 0 Å². The summed E-state index contributed by atoms with van der Waals surface area (Å²) in [4.78, 5) is 30.0. The minimum atomic E-state index is -1.11. The number of nitrogens with one attached hydrogen (secondary N) is 2. The summed E-state index contributed by atoms with van der Waals surface area (Å²) in [6, 6.07) is 3.78. The zero-order valence-electron chi connectivity index (χ0n) is 11.5.